The lowest BCUT2D eigenvalue weighted by molar-refractivity contribution is 0.440. The van der Waals surface area contributed by atoms with Crippen molar-refractivity contribution in [3.8, 4) is 0 Å². The van der Waals surface area contributed by atoms with E-state index in [-0.39, 0.29) is 0 Å². The molecule has 7 heavy (non-hydrogen) atoms. The fourth-order valence-electron chi connectivity index (χ4n) is 0.224. The van der Waals surface area contributed by atoms with Crippen LogP contribution in [0.5, 0.6) is 0 Å². The third kappa shape index (κ3) is 3.06. The van der Waals surface area contributed by atoms with E-state index in [0.29, 0.717) is 6.54 Å². The maximum absolute atomic E-state index is 5.23. The highest BCUT2D eigenvalue weighted by Crippen LogP contribution is 1.73. The Morgan fingerprint density at radius 1 is 1.57 bits per heavy atom. The lowest BCUT2D eigenvalue weighted by Crippen LogP contribution is -2.23. The van der Waals surface area contributed by atoms with Crippen molar-refractivity contribution in [2.45, 2.75) is 0 Å². The standard InChI is InChI=1S/C5H10N2/c1-3-5-7(6)4-2/h3-4H,1-2,5-6H2. The third-order valence-corrected chi connectivity index (χ3v) is 0.574. The minimum Gasteiger partial charge on any atom is -0.315 e. The SMILES string of the molecule is C=CCN(N)C=C. The molecule has 0 rings (SSSR count). The normalized spacial score (nSPS) is 7.57. The Labute approximate surface area is 43.9 Å². The Balaban J connectivity index is 3.15. The zero-order valence-corrected chi connectivity index (χ0v) is 4.30. The van der Waals surface area contributed by atoms with Gasteiger partial charge < -0.3 is 5.01 Å². The first-order chi connectivity index (χ1) is 3.31. The topological polar surface area (TPSA) is 29.3 Å². The highest BCUT2D eigenvalue weighted by molar-refractivity contribution is 4.75. The minimum absolute atomic E-state index is 0.656. The molecule has 0 atom stereocenters. The lowest BCUT2D eigenvalue weighted by atomic mass is 10.6. The van der Waals surface area contributed by atoms with Crippen molar-refractivity contribution in [3.63, 3.8) is 0 Å². The van der Waals surface area contributed by atoms with Crippen molar-refractivity contribution in [2.75, 3.05) is 6.54 Å². The van der Waals surface area contributed by atoms with Crippen LogP contribution >= 0.6 is 0 Å². The van der Waals surface area contributed by atoms with Gasteiger partial charge in [0, 0.05) is 6.20 Å². The molecule has 40 valence electrons. The fourth-order valence-corrected chi connectivity index (χ4v) is 0.224. The maximum atomic E-state index is 5.23. The summed E-state index contributed by atoms with van der Waals surface area (Å²) in [7, 11) is 0. The molecule has 2 heteroatoms. The summed E-state index contributed by atoms with van der Waals surface area (Å²) in [5, 5.41) is 1.45. The summed E-state index contributed by atoms with van der Waals surface area (Å²) < 4.78 is 0. The van der Waals surface area contributed by atoms with Crippen LogP contribution in [-0.4, -0.2) is 11.6 Å². The molecule has 0 saturated heterocycles. The highest BCUT2D eigenvalue weighted by Gasteiger charge is 1.77. The fraction of sp³-hybridized carbons (Fsp3) is 0.200. The van der Waals surface area contributed by atoms with Crippen molar-refractivity contribution in [1.82, 2.24) is 5.01 Å². The molecule has 0 bridgehead atoms. The van der Waals surface area contributed by atoms with Gasteiger partial charge in [0.2, 0.25) is 0 Å². The number of nitrogens with two attached hydrogens (primary N) is 1. The summed E-state index contributed by atoms with van der Waals surface area (Å²) >= 11 is 0. The van der Waals surface area contributed by atoms with E-state index in [1.54, 1.807) is 12.3 Å². The molecule has 0 aromatic carbocycles. The maximum Gasteiger partial charge on any atom is 0.0513 e. The summed E-state index contributed by atoms with van der Waals surface area (Å²) in [4.78, 5) is 0. The Kier molecular flexibility index (Phi) is 3.06. The predicted octanol–water partition coefficient (Wildman–Crippen LogP) is 0.492. The number of hydrogen-bond donors (Lipinski definition) is 1. The smallest absolute Gasteiger partial charge is 0.0513 e. The van der Waals surface area contributed by atoms with Crippen LogP contribution < -0.4 is 5.84 Å². The molecule has 0 radical (unpaired) electrons. The van der Waals surface area contributed by atoms with Gasteiger partial charge in [-0.05, 0) is 0 Å². The molecule has 0 aliphatic rings. The molecule has 0 aromatic heterocycles. The largest absolute Gasteiger partial charge is 0.315 e. The van der Waals surface area contributed by atoms with Crippen LogP contribution in [0.2, 0.25) is 0 Å². The van der Waals surface area contributed by atoms with E-state index in [1.807, 2.05) is 0 Å². The van der Waals surface area contributed by atoms with Gasteiger partial charge in [0.1, 0.15) is 0 Å². The van der Waals surface area contributed by atoms with Gasteiger partial charge in [0.25, 0.3) is 0 Å². The second-order valence-corrected chi connectivity index (χ2v) is 1.17. The van der Waals surface area contributed by atoms with Crippen molar-refractivity contribution < 1.29 is 0 Å². The molecule has 0 spiro atoms. The van der Waals surface area contributed by atoms with Crippen LogP contribution in [0.1, 0.15) is 0 Å². The average Bonchev–Trinajstić information content (AvgIpc) is 1.68. The Morgan fingerprint density at radius 2 is 2.14 bits per heavy atom. The van der Waals surface area contributed by atoms with Gasteiger partial charge in [-0.15, -0.1) is 6.58 Å². The Morgan fingerprint density at radius 3 is 2.29 bits per heavy atom. The van der Waals surface area contributed by atoms with E-state index in [0.717, 1.165) is 0 Å². The number of hydrogen-bond acceptors (Lipinski definition) is 2. The first-order valence-electron chi connectivity index (χ1n) is 2.06. The zero-order chi connectivity index (χ0) is 5.70. The van der Waals surface area contributed by atoms with Gasteiger partial charge >= 0.3 is 0 Å². The molecule has 0 amide bonds. The summed E-state index contributed by atoms with van der Waals surface area (Å²) in [5.41, 5.74) is 0. The molecule has 2 nitrogen and oxygen atoms in total. The molecular weight excluding hydrogens is 88.1 g/mol. The molecule has 0 unspecified atom stereocenters. The lowest BCUT2D eigenvalue weighted by Gasteiger charge is -2.06. The van der Waals surface area contributed by atoms with E-state index < -0.39 is 0 Å². The van der Waals surface area contributed by atoms with Crippen LogP contribution in [0.4, 0.5) is 0 Å². The molecule has 0 aliphatic carbocycles. The second kappa shape index (κ2) is 3.43. The molecule has 0 aromatic rings. The summed E-state index contributed by atoms with van der Waals surface area (Å²) in [6, 6.07) is 0. The number of hydrazine groups is 1. The molecule has 0 aliphatic heterocycles. The Bertz CT molecular complexity index is 68.5. The van der Waals surface area contributed by atoms with E-state index in [1.165, 1.54) is 5.01 Å². The second-order valence-electron chi connectivity index (χ2n) is 1.17. The zero-order valence-electron chi connectivity index (χ0n) is 4.30. The van der Waals surface area contributed by atoms with Gasteiger partial charge in [0.05, 0.1) is 6.54 Å². The highest BCUT2D eigenvalue weighted by atomic mass is 15.4. The summed E-state index contributed by atoms with van der Waals surface area (Å²) in [5.74, 6) is 5.23. The van der Waals surface area contributed by atoms with E-state index in [4.69, 9.17) is 5.84 Å². The van der Waals surface area contributed by atoms with Crippen LogP contribution in [0, 0.1) is 0 Å². The first-order valence-corrected chi connectivity index (χ1v) is 2.06. The molecular formula is C5H10N2. The monoisotopic (exact) mass is 98.1 g/mol. The predicted molar refractivity (Wildman–Crippen MR) is 31.3 cm³/mol. The van der Waals surface area contributed by atoms with Gasteiger partial charge in [-0.25, -0.2) is 5.84 Å². The van der Waals surface area contributed by atoms with E-state index in [9.17, 15) is 0 Å². The number of nitrogens with zero attached hydrogens (tertiary/aromatic N) is 1. The van der Waals surface area contributed by atoms with Gasteiger partial charge in [-0.2, -0.15) is 0 Å². The van der Waals surface area contributed by atoms with Gasteiger partial charge in [-0.3, -0.25) is 0 Å². The Hall–Kier alpha value is -0.760. The summed E-state index contributed by atoms with van der Waals surface area (Å²) in [6.07, 6.45) is 3.25. The van der Waals surface area contributed by atoms with Crippen LogP contribution in [-0.2, 0) is 0 Å². The van der Waals surface area contributed by atoms with Crippen LogP contribution in [0.15, 0.2) is 25.4 Å². The molecule has 0 fully saturated rings. The average molecular weight is 98.1 g/mol. The van der Waals surface area contributed by atoms with Crippen molar-refractivity contribution in [3.05, 3.63) is 25.4 Å². The molecule has 0 saturated carbocycles. The van der Waals surface area contributed by atoms with Gasteiger partial charge in [0.15, 0.2) is 0 Å². The quantitative estimate of drug-likeness (QED) is 0.316. The van der Waals surface area contributed by atoms with Crippen LogP contribution in [0.3, 0.4) is 0 Å². The van der Waals surface area contributed by atoms with Gasteiger partial charge in [-0.1, -0.05) is 12.7 Å². The van der Waals surface area contributed by atoms with Crippen molar-refractivity contribution >= 4 is 0 Å². The minimum atomic E-state index is 0.656. The molecule has 0 heterocycles. The first kappa shape index (κ1) is 6.24. The van der Waals surface area contributed by atoms with Crippen LogP contribution in [0.25, 0.3) is 0 Å². The van der Waals surface area contributed by atoms with Crippen molar-refractivity contribution in [2.24, 2.45) is 5.84 Å². The summed E-state index contributed by atoms with van der Waals surface area (Å²) in [6.45, 7) is 7.57. The third-order valence-electron chi connectivity index (χ3n) is 0.574. The van der Waals surface area contributed by atoms with E-state index >= 15 is 0 Å². The molecule has 2 N–H and O–H groups in total. The van der Waals surface area contributed by atoms with Crippen molar-refractivity contribution in [1.29, 1.82) is 0 Å². The number of rotatable bonds is 3. The van der Waals surface area contributed by atoms with E-state index in [2.05, 4.69) is 13.2 Å².